The van der Waals surface area contributed by atoms with Crippen molar-refractivity contribution in [2.45, 2.75) is 51.7 Å². The van der Waals surface area contributed by atoms with Crippen LogP contribution in [-0.4, -0.2) is 26.3 Å². The number of nitrogens with one attached hydrogen (secondary N) is 1. The van der Waals surface area contributed by atoms with Crippen LogP contribution in [0.5, 0.6) is 0 Å². The minimum absolute atomic E-state index is 0.115. The van der Waals surface area contributed by atoms with E-state index >= 15 is 0 Å². The first-order valence-corrected chi connectivity index (χ1v) is 11.5. The number of aromatic nitrogens is 3. The number of hydrogen-bond acceptors (Lipinski definition) is 3. The van der Waals surface area contributed by atoms with Crippen molar-refractivity contribution in [3.05, 3.63) is 76.5 Å². The lowest BCUT2D eigenvalue weighted by molar-refractivity contribution is -0.123. The average molecular weight is 447 g/mol. The fraction of sp³-hybridized carbons (Fsp3) is 0.346. The molecule has 2 aromatic carbocycles. The van der Waals surface area contributed by atoms with Crippen LogP contribution in [-0.2, 0) is 17.9 Å². The molecule has 2 aromatic heterocycles. The molecular formula is C26H27FN4O2. The first-order valence-electron chi connectivity index (χ1n) is 11.5. The van der Waals surface area contributed by atoms with E-state index in [1.807, 2.05) is 28.8 Å². The van der Waals surface area contributed by atoms with E-state index in [1.54, 1.807) is 18.3 Å². The van der Waals surface area contributed by atoms with Crippen LogP contribution in [0.1, 0.15) is 38.2 Å². The molecule has 1 fully saturated rings. The van der Waals surface area contributed by atoms with E-state index in [-0.39, 0.29) is 29.9 Å². The molecule has 1 amide bonds. The predicted molar refractivity (Wildman–Crippen MR) is 127 cm³/mol. The van der Waals surface area contributed by atoms with Gasteiger partial charge in [-0.1, -0.05) is 50.1 Å². The van der Waals surface area contributed by atoms with Gasteiger partial charge in [0.15, 0.2) is 0 Å². The Bertz CT molecular complexity index is 1370. The van der Waals surface area contributed by atoms with E-state index in [1.165, 1.54) is 23.2 Å². The standard InChI is InChI=1S/C26H27FN4O2/c1-17-6-2-4-8-22(17)29-24(32)16-31-26(33)25-21(14-28-31)20-7-3-5-9-23(20)30(25)15-18-10-12-19(27)13-11-18/h3,5,7,9-14,17,22H,2,4,6,8,15-16H2,1H3,(H,29,32)/t17-,22+/m0/s1. The summed E-state index contributed by atoms with van der Waals surface area (Å²) in [6.07, 6.45) is 6.06. The molecule has 0 radical (unpaired) electrons. The summed E-state index contributed by atoms with van der Waals surface area (Å²) in [6, 6.07) is 14.2. The third-order valence-electron chi connectivity index (χ3n) is 6.78. The SMILES string of the molecule is C[C@H]1CCCC[C@H]1NC(=O)Cn1ncc2c3ccccc3n(Cc3ccc(F)cc3)c2c1=O. The first-order chi connectivity index (χ1) is 16.0. The Balaban J connectivity index is 1.52. The van der Waals surface area contributed by atoms with Crippen LogP contribution >= 0.6 is 0 Å². The van der Waals surface area contributed by atoms with Crippen molar-refractivity contribution >= 4 is 27.7 Å². The highest BCUT2D eigenvalue weighted by molar-refractivity contribution is 6.07. The Morgan fingerprint density at radius 3 is 2.64 bits per heavy atom. The van der Waals surface area contributed by atoms with E-state index in [9.17, 15) is 14.0 Å². The molecule has 1 aliphatic rings. The van der Waals surface area contributed by atoms with Gasteiger partial charge in [0, 0.05) is 28.9 Å². The van der Waals surface area contributed by atoms with Crippen molar-refractivity contribution in [3.63, 3.8) is 0 Å². The van der Waals surface area contributed by atoms with Gasteiger partial charge in [-0.2, -0.15) is 5.10 Å². The van der Waals surface area contributed by atoms with E-state index in [4.69, 9.17) is 0 Å². The molecule has 5 rings (SSSR count). The Kier molecular flexibility index (Phi) is 5.70. The van der Waals surface area contributed by atoms with Crippen LogP contribution in [0.15, 0.2) is 59.5 Å². The minimum Gasteiger partial charge on any atom is -0.351 e. The van der Waals surface area contributed by atoms with Gasteiger partial charge in [0.2, 0.25) is 5.91 Å². The third kappa shape index (κ3) is 4.15. The summed E-state index contributed by atoms with van der Waals surface area (Å²) < 4.78 is 16.6. The van der Waals surface area contributed by atoms with Crippen molar-refractivity contribution in [1.82, 2.24) is 19.7 Å². The van der Waals surface area contributed by atoms with Crippen molar-refractivity contribution in [3.8, 4) is 0 Å². The van der Waals surface area contributed by atoms with Gasteiger partial charge in [0.1, 0.15) is 17.9 Å². The second kappa shape index (κ2) is 8.81. The minimum atomic E-state index is -0.308. The number of amides is 1. The summed E-state index contributed by atoms with van der Waals surface area (Å²) in [5, 5.41) is 9.09. The zero-order valence-corrected chi connectivity index (χ0v) is 18.6. The molecule has 0 bridgehead atoms. The molecule has 33 heavy (non-hydrogen) atoms. The van der Waals surface area contributed by atoms with Crippen LogP contribution in [0, 0.1) is 11.7 Å². The lowest BCUT2D eigenvalue weighted by Gasteiger charge is -2.29. The van der Waals surface area contributed by atoms with E-state index < -0.39 is 0 Å². The molecule has 1 N–H and O–H groups in total. The lowest BCUT2D eigenvalue weighted by Crippen LogP contribution is -2.43. The predicted octanol–water partition coefficient (Wildman–Crippen LogP) is 4.23. The molecular weight excluding hydrogens is 419 g/mol. The lowest BCUT2D eigenvalue weighted by atomic mass is 9.86. The number of carbonyl (C=O) groups excluding carboxylic acids is 1. The zero-order chi connectivity index (χ0) is 22.9. The van der Waals surface area contributed by atoms with E-state index in [2.05, 4.69) is 17.3 Å². The summed E-state index contributed by atoms with van der Waals surface area (Å²) in [4.78, 5) is 26.2. The fourth-order valence-corrected chi connectivity index (χ4v) is 4.96. The van der Waals surface area contributed by atoms with Crippen molar-refractivity contribution in [2.24, 2.45) is 5.92 Å². The molecule has 2 heterocycles. The number of nitrogens with zero attached hydrogens (tertiary/aromatic N) is 3. The summed E-state index contributed by atoms with van der Waals surface area (Å²) in [7, 11) is 0. The summed E-state index contributed by atoms with van der Waals surface area (Å²) in [6.45, 7) is 2.46. The maximum absolute atomic E-state index is 13.5. The summed E-state index contributed by atoms with van der Waals surface area (Å²) >= 11 is 0. The van der Waals surface area contributed by atoms with Gasteiger partial charge in [0.25, 0.3) is 5.56 Å². The zero-order valence-electron chi connectivity index (χ0n) is 18.6. The normalized spacial score (nSPS) is 18.6. The maximum Gasteiger partial charge on any atom is 0.291 e. The highest BCUT2D eigenvalue weighted by Crippen LogP contribution is 2.27. The van der Waals surface area contributed by atoms with Gasteiger partial charge in [-0.05, 0) is 42.5 Å². The largest absolute Gasteiger partial charge is 0.351 e. The van der Waals surface area contributed by atoms with Crippen molar-refractivity contribution < 1.29 is 9.18 Å². The summed E-state index contributed by atoms with van der Waals surface area (Å²) in [5.41, 5.74) is 1.96. The Morgan fingerprint density at radius 2 is 1.85 bits per heavy atom. The monoisotopic (exact) mass is 446 g/mol. The molecule has 1 aliphatic carbocycles. The number of rotatable bonds is 5. The molecule has 0 spiro atoms. The molecule has 0 saturated heterocycles. The van der Waals surface area contributed by atoms with Crippen molar-refractivity contribution in [2.75, 3.05) is 0 Å². The maximum atomic E-state index is 13.5. The molecule has 170 valence electrons. The number of benzene rings is 2. The highest BCUT2D eigenvalue weighted by atomic mass is 19.1. The van der Waals surface area contributed by atoms with E-state index in [0.717, 1.165) is 41.1 Å². The van der Waals surface area contributed by atoms with Crippen LogP contribution in [0.25, 0.3) is 21.8 Å². The summed E-state index contributed by atoms with van der Waals surface area (Å²) in [5.74, 6) is -0.0529. The van der Waals surface area contributed by atoms with Gasteiger partial charge >= 0.3 is 0 Å². The Labute approximate surface area is 191 Å². The first kappa shape index (κ1) is 21.4. The number of para-hydroxylation sites is 1. The number of carbonyl (C=O) groups is 1. The van der Waals surface area contributed by atoms with E-state index in [0.29, 0.717) is 18.0 Å². The second-order valence-corrected chi connectivity index (χ2v) is 9.04. The Morgan fingerprint density at radius 1 is 1.09 bits per heavy atom. The molecule has 4 aromatic rings. The Hall–Kier alpha value is -3.48. The molecule has 6 nitrogen and oxygen atoms in total. The second-order valence-electron chi connectivity index (χ2n) is 9.04. The van der Waals surface area contributed by atoms with Crippen LogP contribution in [0.4, 0.5) is 4.39 Å². The molecule has 0 unspecified atom stereocenters. The van der Waals surface area contributed by atoms with Gasteiger partial charge in [-0.15, -0.1) is 0 Å². The highest BCUT2D eigenvalue weighted by Gasteiger charge is 2.23. The fourth-order valence-electron chi connectivity index (χ4n) is 4.96. The molecule has 0 aliphatic heterocycles. The number of hydrogen-bond donors (Lipinski definition) is 1. The number of fused-ring (bicyclic) bond motifs is 3. The van der Waals surface area contributed by atoms with Crippen LogP contribution < -0.4 is 10.9 Å². The smallest absolute Gasteiger partial charge is 0.291 e. The van der Waals surface area contributed by atoms with Gasteiger partial charge < -0.3 is 9.88 Å². The quantitative estimate of drug-likeness (QED) is 0.499. The third-order valence-corrected chi connectivity index (χ3v) is 6.78. The van der Waals surface area contributed by atoms with Crippen molar-refractivity contribution in [1.29, 1.82) is 0 Å². The molecule has 7 heteroatoms. The van der Waals surface area contributed by atoms with Gasteiger partial charge in [-0.25, -0.2) is 9.07 Å². The van der Waals surface area contributed by atoms with Crippen LogP contribution in [0.3, 0.4) is 0 Å². The molecule has 1 saturated carbocycles. The van der Waals surface area contributed by atoms with Crippen LogP contribution in [0.2, 0.25) is 0 Å². The molecule has 2 atom stereocenters. The topological polar surface area (TPSA) is 68.9 Å². The number of halogens is 1. The van der Waals surface area contributed by atoms with Gasteiger partial charge in [0.05, 0.1) is 6.20 Å². The van der Waals surface area contributed by atoms with Gasteiger partial charge in [-0.3, -0.25) is 9.59 Å². The average Bonchev–Trinajstić information content (AvgIpc) is 3.13.